The van der Waals surface area contributed by atoms with E-state index in [-0.39, 0.29) is 5.56 Å². The average molecular weight is 380 g/mol. The molecular weight excluding hydrogens is 360 g/mol. The second-order valence-corrected chi connectivity index (χ2v) is 7.38. The van der Waals surface area contributed by atoms with Crippen LogP contribution >= 0.6 is 0 Å². The van der Waals surface area contributed by atoms with Crippen molar-refractivity contribution in [1.82, 2.24) is 18.9 Å². The zero-order chi connectivity index (χ0) is 19.8. The molecule has 29 heavy (non-hydrogen) atoms. The van der Waals surface area contributed by atoms with E-state index in [4.69, 9.17) is 0 Å². The van der Waals surface area contributed by atoms with Crippen LogP contribution in [0.2, 0.25) is 0 Å². The molecule has 0 aliphatic rings. The molecule has 0 unspecified atom stereocenters. The van der Waals surface area contributed by atoms with E-state index in [0.717, 1.165) is 28.7 Å². The van der Waals surface area contributed by atoms with Crippen molar-refractivity contribution in [1.29, 1.82) is 0 Å². The average Bonchev–Trinajstić information content (AvgIpc) is 3.13. The smallest absolute Gasteiger partial charge is 0.260 e. The Morgan fingerprint density at radius 2 is 1.79 bits per heavy atom. The lowest BCUT2D eigenvalue weighted by molar-refractivity contribution is 0.745. The molecule has 5 rings (SSSR count). The highest BCUT2D eigenvalue weighted by molar-refractivity contribution is 5.84. The lowest BCUT2D eigenvalue weighted by atomic mass is 10.0. The van der Waals surface area contributed by atoms with Crippen molar-refractivity contribution in [2.24, 2.45) is 0 Å². The first-order valence-electron chi connectivity index (χ1n) is 9.61. The summed E-state index contributed by atoms with van der Waals surface area (Å²) < 4.78 is 3.75. The molecule has 1 aromatic carbocycles. The largest absolute Gasteiger partial charge is 0.309 e. The quantitative estimate of drug-likeness (QED) is 0.474. The maximum absolute atomic E-state index is 13.1. The van der Waals surface area contributed by atoms with Gasteiger partial charge in [-0.05, 0) is 47.6 Å². The number of aromatic nitrogens is 4. The molecule has 5 aromatic rings. The van der Waals surface area contributed by atoms with Gasteiger partial charge in [0.15, 0.2) is 0 Å². The number of benzene rings is 1. The molecule has 0 radical (unpaired) electrons. The number of aryl methyl sites for hydroxylation is 1. The second-order valence-electron chi connectivity index (χ2n) is 7.38. The number of imidazole rings is 1. The van der Waals surface area contributed by atoms with Gasteiger partial charge in [-0.15, -0.1) is 0 Å². The number of hydrogen-bond acceptors (Lipinski definition) is 3. The highest BCUT2D eigenvalue weighted by Gasteiger charge is 2.11. The fraction of sp³-hybridized carbons (Fsp3) is 0.125. The highest BCUT2D eigenvalue weighted by atomic mass is 16.1. The number of hydrogen-bond donors (Lipinski definition) is 0. The summed E-state index contributed by atoms with van der Waals surface area (Å²) in [4.78, 5) is 21.9. The summed E-state index contributed by atoms with van der Waals surface area (Å²) in [7, 11) is 0. The van der Waals surface area contributed by atoms with Gasteiger partial charge in [-0.2, -0.15) is 0 Å². The fourth-order valence-corrected chi connectivity index (χ4v) is 3.80. The van der Waals surface area contributed by atoms with Crippen molar-refractivity contribution >= 4 is 16.4 Å². The van der Waals surface area contributed by atoms with Gasteiger partial charge in [0.05, 0.1) is 17.6 Å². The van der Waals surface area contributed by atoms with Gasteiger partial charge >= 0.3 is 0 Å². The lowest BCUT2D eigenvalue weighted by Gasteiger charge is -2.11. The molecule has 0 aliphatic carbocycles. The Labute approximate surface area is 167 Å². The number of fused-ring (bicyclic) bond motifs is 2. The second kappa shape index (κ2) is 7.02. The van der Waals surface area contributed by atoms with Crippen LogP contribution < -0.4 is 5.56 Å². The van der Waals surface area contributed by atoms with Gasteiger partial charge in [-0.25, -0.2) is 4.98 Å². The molecule has 5 nitrogen and oxygen atoms in total. The zero-order valence-electron chi connectivity index (χ0n) is 16.1. The molecule has 0 fully saturated rings. The molecule has 0 bridgehead atoms. The minimum Gasteiger partial charge on any atom is -0.309 e. The molecule has 0 saturated carbocycles. The van der Waals surface area contributed by atoms with E-state index in [9.17, 15) is 4.79 Å². The summed E-state index contributed by atoms with van der Waals surface area (Å²) in [6.07, 6.45) is 10.2. The molecule has 0 aliphatic heterocycles. The Hall–Kier alpha value is -3.73. The third-order valence-electron chi connectivity index (χ3n) is 5.19. The molecule has 4 aromatic heterocycles. The van der Waals surface area contributed by atoms with Crippen molar-refractivity contribution in [3.05, 3.63) is 112 Å². The van der Waals surface area contributed by atoms with E-state index in [2.05, 4.69) is 29.0 Å². The Morgan fingerprint density at radius 3 is 2.66 bits per heavy atom. The van der Waals surface area contributed by atoms with E-state index in [0.29, 0.717) is 11.9 Å². The molecule has 142 valence electrons. The summed E-state index contributed by atoms with van der Waals surface area (Å²) in [6, 6.07) is 16.2. The van der Waals surface area contributed by atoms with Crippen molar-refractivity contribution in [3.63, 3.8) is 0 Å². The predicted molar refractivity (Wildman–Crippen MR) is 114 cm³/mol. The lowest BCUT2D eigenvalue weighted by Crippen LogP contribution is -2.22. The van der Waals surface area contributed by atoms with Crippen LogP contribution in [-0.2, 0) is 13.0 Å². The SMILES string of the molecule is Cc1ccc2nc(Cn3cc(Cc4ccccc4)c4ccncc4c3=O)cn2c1. The van der Waals surface area contributed by atoms with Crippen molar-refractivity contribution in [2.45, 2.75) is 19.9 Å². The highest BCUT2D eigenvalue weighted by Crippen LogP contribution is 2.19. The van der Waals surface area contributed by atoms with Crippen LogP contribution in [0.5, 0.6) is 0 Å². The van der Waals surface area contributed by atoms with Gasteiger partial charge in [0.2, 0.25) is 0 Å². The molecule has 0 atom stereocenters. The number of nitrogens with zero attached hydrogens (tertiary/aromatic N) is 4. The molecule has 0 amide bonds. The number of rotatable bonds is 4. The summed E-state index contributed by atoms with van der Waals surface area (Å²) in [6.45, 7) is 2.47. The van der Waals surface area contributed by atoms with E-state index in [1.165, 1.54) is 11.1 Å². The van der Waals surface area contributed by atoms with Gasteiger partial charge in [-0.1, -0.05) is 36.4 Å². The first kappa shape index (κ1) is 17.4. The summed E-state index contributed by atoms with van der Waals surface area (Å²) in [5, 5.41) is 1.59. The van der Waals surface area contributed by atoms with Crippen LogP contribution in [0.3, 0.4) is 0 Å². The van der Waals surface area contributed by atoms with Crippen LogP contribution in [0.15, 0.2) is 84.3 Å². The van der Waals surface area contributed by atoms with Crippen LogP contribution in [0.4, 0.5) is 0 Å². The van der Waals surface area contributed by atoms with Gasteiger partial charge < -0.3 is 8.97 Å². The summed E-state index contributed by atoms with van der Waals surface area (Å²) >= 11 is 0. The normalized spacial score (nSPS) is 11.3. The Morgan fingerprint density at radius 1 is 0.931 bits per heavy atom. The predicted octanol–water partition coefficient (Wildman–Crippen LogP) is 3.99. The van der Waals surface area contributed by atoms with Gasteiger partial charge in [0.25, 0.3) is 5.56 Å². The standard InChI is InChI=1S/C24H20N4O/c1-17-7-8-23-26-20(15-27(23)13-17)16-28-14-19(11-18-5-3-2-4-6-18)21-9-10-25-12-22(21)24(28)29/h2-10,12-15H,11,16H2,1H3. The Kier molecular flexibility index (Phi) is 4.21. The number of pyridine rings is 3. The Bertz CT molecular complexity index is 1380. The zero-order valence-corrected chi connectivity index (χ0v) is 16.1. The third-order valence-corrected chi connectivity index (χ3v) is 5.19. The third kappa shape index (κ3) is 3.31. The van der Waals surface area contributed by atoms with Crippen molar-refractivity contribution in [3.8, 4) is 0 Å². The molecule has 5 heteroatoms. The van der Waals surface area contributed by atoms with Crippen molar-refractivity contribution in [2.75, 3.05) is 0 Å². The van der Waals surface area contributed by atoms with E-state index in [1.54, 1.807) is 17.0 Å². The maximum Gasteiger partial charge on any atom is 0.260 e. The topological polar surface area (TPSA) is 52.2 Å². The first-order valence-corrected chi connectivity index (χ1v) is 9.61. The van der Waals surface area contributed by atoms with Crippen LogP contribution in [-0.4, -0.2) is 18.9 Å². The van der Waals surface area contributed by atoms with Gasteiger partial charge in [-0.3, -0.25) is 9.78 Å². The van der Waals surface area contributed by atoms with Crippen LogP contribution in [0.25, 0.3) is 16.4 Å². The van der Waals surface area contributed by atoms with E-state index >= 15 is 0 Å². The summed E-state index contributed by atoms with van der Waals surface area (Å²) in [5.41, 5.74) is 5.17. The van der Waals surface area contributed by atoms with Crippen LogP contribution in [0.1, 0.15) is 22.4 Å². The van der Waals surface area contributed by atoms with E-state index < -0.39 is 0 Å². The van der Waals surface area contributed by atoms with Gasteiger partial charge in [0.1, 0.15) is 5.65 Å². The Balaban J connectivity index is 1.61. The molecule has 4 heterocycles. The van der Waals surface area contributed by atoms with Gasteiger partial charge in [0, 0.05) is 31.0 Å². The van der Waals surface area contributed by atoms with Crippen molar-refractivity contribution < 1.29 is 0 Å². The van der Waals surface area contributed by atoms with E-state index in [1.807, 2.05) is 59.4 Å². The molecule has 0 saturated heterocycles. The molecule has 0 spiro atoms. The molecular formula is C24H20N4O. The maximum atomic E-state index is 13.1. The monoisotopic (exact) mass is 380 g/mol. The minimum absolute atomic E-state index is 0.0434. The first-order chi connectivity index (χ1) is 14.2. The molecule has 0 N–H and O–H groups in total. The summed E-state index contributed by atoms with van der Waals surface area (Å²) in [5.74, 6) is 0. The van der Waals surface area contributed by atoms with Crippen LogP contribution in [0, 0.1) is 6.92 Å². The fourth-order valence-electron chi connectivity index (χ4n) is 3.80. The minimum atomic E-state index is -0.0434.